The summed E-state index contributed by atoms with van der Waals surface area (Å²) in [5, 5.41) is 2.27. The van der Waals surface area contributed by atoms with E-state index in [0.29, 0.717) is 17.8 Å². The third-order valence-corrected chi connectivity index (χ3v) is 11.4. The molecular formula is C25H30N6O3Si. The zero-order chi connectivity index (χ0) is 24.6. The van der Waals surface area contributed by atoms with Crippen LogP contribution < -0.4 is 21.8 Å². The number of hydrogen-bond acceptors (Lipinski definition) is 8. The van der Waals surface area contributed by atoms with E-state index >= 15 is 0 Å². The molecule has 9 nitrogen and oxygen atoms in total. The van der Waals surface area contributed by atoms with Gasteiger partial charge in [-0.25, -0.2) is 4.98 Å². The molecule has 182 valence electrons. The first-order valence-corrected chi connectivity index (χ1v) is 13.5. The lowest BCUT2D eigenvalue weighted by Gasteiger charge is -2.43. The second-order valence-corrected chi connectivity index (χ2v) is 13.9. The molecule has 35 heavy (non-hydrogen) atoms. The van der Waals surface area contributed by atoms with Gasteiger partial charge in [-0.1, -0.05) is 81.4 Å². The number of nitrogens with zero attached hydrogens (tertiary/aromatic N) is 4. The fourth-order valence-corrected chi connectivity index (χ4v) is 9.34. The van der Waals surface area contributed by atoms with Crippen LogP contribution in [-0.2, 0) is 13.9 Å². The van der Waals surface area contributed by atoms with Gasteiger partial charge in [-0.05, 0) is 15.4 Å². The molecule has 0 unspecified atom stereocenters. The van der Waals surface area contributed by atoms with Crippen LogP contribution in [0.1, 0.15) is 27.0 Å². The Morgan fingerprint density at radius 3 is 2.23 bits per heavy atom. The van der Waals surface area contributed by atoms with E-state index in [1.54, 1.807) is 10.9 Å². The van der Waals surface area contributed by atoms with Crippen LogP contribution in [0.15, 0.2) is 67.0 Å². The van der Waals surface area contributed by atoms with Crippen LogP contribution in [0.5, 0.6) is 0 Å². The number of ether oxygens (including phenoxy) is 2. The summed E-state index contributed by atoms with van der Waals surface area (Å²) in [5.41, 5.74) is 12.7. The van der Waals surface area contributed by atoms with Gasteiger partial charge in [0, 0.05) is 0 Å². The molecule has 2 aromatic heterocycles. The van der Waals surface area contributed by atoms with Crippen molar-refractivity contribution in [2.24, 2.45) is 0 Å². The van der Waals surface area contributed by atoms with Gasteiger partial charge in [0.2, 0.25) is 5.95 Å². The Hall–Kier alpha value is -3.31. The fourth-order valence-electron chi connectivity index (χ4n) is 4.80. The van der Waals surface area contributed by atoms with Crippen molar-refractivity contribution in [3.63, 3.8) is 0 Å². The van der Waals surface area contributed by atoms with E-state index < -0.39 is 20.8 Å². The number of nitrogens with two attached hydrogens (primary N) is 2. The molecule has 0 bridgehead atoms. The molecule has 0 saturated carbocycles. The van der Waals surface area contributed by atoms with E-state index in [1.807, 2.05) is 12.1 Å². The molecule has 3 heterocycles. The number of rotatable bonds is 6. The number of anilines is 2. The van der Waals surface area contributed by atoms with Crippen LogP contribution in [0, 0.1) is 0 Å². The highest BCUT2D eigenvalue weighted by molar-refractivity contribution is 6.99. The van der Waals surface area contributed by atoms with Crippen molar-refractivity contribution in [3.8, 4) is 0 Å². The second kappa shape index (κ2) is 9.04. The van der Waals surface area contributed by atoms with Crippen molar-refractivity contribution < 1.29 is 13.9 Å². The molecule has 2 atom stereocenters. The molecule has 2 aromatic carbocycles. The normalized spacial score (nSPS) is 18.8. The summed E-state index contributed by atoms with van der Waals surface area (Å²) in [5.74, 6) is 0.318. The number of aromatic nitrogens is 4. The monoisotopic (exact) mass is 490 g/mol. The van der Waals surface area contributed by atoms with Gasteiger partial charge in [0.05, 0.1) is 19.5 Å². The number of hydrogen-bond donors (Lipinski definition) is 2. The van der Waals surface area contributed by atoms with E-state index in [2.05, 4.69) is 84.3 Å². The van der Waals surface area contributed by atoms with Crippen LogP contribution in [0.3, 0.4) is 0 Å². The van der Waals surface area contributed by atoms with E-state index in [1.165, 1.54) is 10.4 Å². The predicted molar refractivity (Wildman–Crippen MR) is 138 cm³/mol. The van der Waals surface area contributed by atoms with Crippen molar-refractivity contribution in [1.82, 2.24) is 19.5 Å². The van der Waals surface area contributed by atoms with Gasteiger partial charge in [-0.15, -0.1) is 0 Å². The van der Waals surface area contributed by atoms with Crippen LogP contribution in [0.25, 0.3) is 11.2 Å². The van der Waals surface area contributed by atoms with Crippen LogP contribution >= 0.6 is 0 Å². The maximum Gasteiger partial charge on any atom is 0.261 e. The Bertz CT molecular complexity index is 1270. The van der Waals surface area contributed by atoms with Crippen molar-refractivity contribution in [1.29, 1.82) is 0 Å². The van der Waals surface area contributed by atoms with E-state index in [0.717, 1.165) is 0 Å². The van der Waals surface area contributed by atoms with Crippen LogP contribution in [0.2, 0.25) is 5.04 Å². The van der Waals surface area contributed by atoms with Crippen molar-refractivity contribution in [3.05, 3.63) is 67.0 Å². The summed E-state index contributed by atoms with van der Waals surface area (Å²) in [6.07, 6.45) is 0.645. The molecule has 10 heteroatoms. The second-order valence-electron chi connectivity index (χ2n) is 9.62. The highest BCUT2D eigenvalue weighted by Crippen LogP contribution is 2.37. The van der Waals surface area contributed by atoms with Gasteiger partial charge in [-0.2, -0.15) is 9.97 Å². The van der Waals surface area contributed by atoms with Crippen LogP contribution in [0.4, 0.5) is 11.8 Å². The largest absolute Gasteiger partial charge is 0.402 e. The van der Waals surface area contributed by atoms with E-state index in [4.69, 9.17) is 25.4 Å². The summed E-state index contributed by atoms with van der Waals surface area (Å²) in [6.45, 7) is 7.33. The number of fused-ring (bicyclic) bond motifs is 1. The number of benzene rings is 2. The molecule has 1 aliphatic heterocycles. The minimum Gasteiger partial charge on any atom is -0.402 e. The maximum absolute atomic E-state index is 6.94. The van der Waals surface area contributed by atoms with Gasteiger partial charge in [0.1, 0.15) is 5.52 Å². The summed E-state index contributed by atoms with van der Waals surface area (Å²) in [4.78, 5) is 12.6. The summed E-state index contributed by atoms with van der Waals surface area (Å²) < 4.78 is 20.9. The average molecular weight is 491 g/mol. The Labute approximate surface area is 205 Å². The molecule has 4 N–H and O–H groups in total. The zero-order valence-corrected chi connectivity index (χ0v) is 21.1. The minimum absolute atomic E-state index is 0.0854. The first-order valence-electron chi connectivity index (χ1n) is 11.6. The fraction of sp³-hybridized carbons (Fsp3) is 0.320. The topological polar surface area (TPSA) is 123 Å². The number of nitrogen functional groups attached to an aromatic ring is 2. The molecule has 1 aliphatic rings. The Balaban J connectivity index is 1.42. The Morgan fingerprint density at radius 2 is 1.63 bits per heavy atom. The first-order chi connectivity index (χ1) is 16.8. The van der Waals surface area contributed by atoms with Crippen LogP contribution in [-0.4, -0.2) is 47.3 Å². The zero-order valence-electron chi connectivity index (χ0n) is 20.1. The lowest BCUT2D eigenvalue weighted by Crippen LogP contribution is -2.67. The van der Waals surface area contributed by atoms with Gasteiger partial charge in [0.15, 0.2) is 24.0 Å². The first kappa shape index (κ1) is 23.4. The van der Waals surface area contributed by atoms with E-state index in [9.17, 15) is 0 Å². The third-order valence-electron chi connectivity index (χ3n) is 6.36. The van der Waals surface area contributed by atoms with Crippen molar-refractivity contribution in [2.75, 3.05) is 24.7 Å². The summed E-state index contributed by atoms with van der Waals surface area (Å²) >= 11 is 0. The van der Waals surface area contributed by atoms with Gasteiger partial charge < -0.3 is 25.4 Å². The lowest BCUT2D eigenvalue weighted by molar-refractivity contribution is -0.0943. The van der Waals surface area contributed by atoms with E-state index in [-0.39, 0.29) is 23.4 Å². The lowest BCUT2D eigenvalue weighted by atomic mass is 10.2. The average Bonchev–Trinajstić information content (AvgIpc) is 3.47. The van der Waals surface area contributed by atoms with Gasteiger partial charge >= 0.3 is 0 Å². The quantitative estimate of drug-likeness (QED) is 0.395. The molecule has 0 spiro atoms. The maximum atomic E-state index is 6.94. The highest BCUT2D eigenvalue weighted by Gasteiger charge is 2.50. The summed E-state index contributed by atoms with van der Waals surface area (Å²) in [7, 11) is -2.70. The minimum atomic E-state index is -2.70. The Kier molecular flexibility index (Phi) is 6.05. The van der Waals surface area contributed by atoms with Crippen molar-refractivity contribution in [2.45, 2.75) is 38.3 Å². The number of imidazole rings is 1. The molecule has 0 amide bonds. The van der Waals surface area contributed by atoms with Gasteiger partial charge in [0.25, 0.3) is 8.32 Å². The standard InChI is InChI=1S/C25H30N6O3Si/c1-25(2,3)35(17-10-6-4-7-11-17,18-12-8-5-9-13-18)33-15-20-32-14-19(34-20)31-16-28-21-22(26)29-24(27)30-23(21)31/h4-13,16,19-20H,14-15H2,1-3H3,(H4,26,27,29,30)/t19-,20+/m0/s1. The smallest absolute Gasteiger partial charge is 0.261 e. The Morgan fingerprint density at radius 1 is 1.00 bits per heavy atom. The third kappa shape index (κ3) is 4.18. The molecule has 1 fully saturated rings. The highest BCUT2D eigenvalue weighted by atomic mass is 28.4. The predicted octanol–water partition coefficient (Wildman–Crippen LogP) is 2.44. The molecule has 1 saturated heterocycles. The molecule has 0 radical (unpaired) electrons. The van der Waals surface area contributed by atoms with Gasteiger partial charge in [-0.3, -0.25) is 4.57 Å². The molecular weight excluding hydrogens is 460 g/mol. The SMILES string of the molecule is CC(C)(C)[Si](OC[C@@H]1OC[C@@H](n2cnc3c(N)nc(N)nc32)O1)(c1ccccc1)c1ccccc1. The molecule has 4 aromatic rings. The molecule has 5 rings (SSSR count). The van der Waals surface area contributed by atoms with Crippen molar-refractivity contribution >= 4 is 41.6 Å². The molecule has 0 aliphatic carbocycles. The summed E-state index contributed by atoms with van der Waals surface area (Å²) in [6, 6.07) is 21.0.